The van der Waals surface area contributed by atoms with Gasteiger partial charge in [0, 0.05) is 18.0 Å². The average Bonchev–Trinajstić information content (AvgIpc) is 2.99. The molecule has 0 saturated heterocycles. The summed E-state index contributed by atoms with van der Waals surface area (Å²) in [4.78, 5) is 6.54. The number of rotatable bonds is 4. The Morgan fingerprint density at radius 1 is 1.35 bits per heavy atom. The first kappa shape index (κ1) is 14.5. The normalized spacial score (nSPS) is 29.9. The predicted octanol–water partition coefficient (Wildman–Crippen LogP) is 3.41. The maximum Gasteiger partial charge on any atom is 0.113 e. The smallest absolute Gasteiger partial charge is 0.113 e. The van der Waals surface area contributed by atoms with Gasteiger partial charge in [-0.25, -0.2) is 4.98 Å². The van der Waals surface area contributed by atoms with Gasteiger partial charge in [0.2, 0.25) is 0 Å². The lowest BCUT2D eigenvalue weighted by atomic mass is 9.80. The van der Waals surface area contributed by atoms with E-state index in [4.69, 9.17) is 9.72 Å². The summed E-state index contributed by atoms with van der Waals surface area (Å²) in [7, 11) is 1.85. The second-order valence-corrected chi connectivity index (χ2v) is 7.66. The van der Waals surface area contributed by atoms with Crippen LogP contribution in [0.15, 0.2) is 0 Å². The van der Waals surface area contributed by atoms with Crippen LogP contribution < -0.4 is 5.32 Å². The van der Waals surface area contributed by atoms with E-state index in [0.717, 1.165) is 6.42 Å². The van der Waals surface area contributed by atoms with Gasteiger partial charge in [-0.15, -0.1) is 11.3 Å². The molecular formula is C16H26N2OS. The zero-order chi connectivity index (χ0) is 14.2. The third-order valence-corrected chi connectivity index (χ3v) is 5.97. The molecule has 0 amide bonds. The van der Waals surface area contributed by atoms with Crippen molar-refractivity contribution in [3.8, 4) is 0 Å². The van der Waals surface area contributed by atoms with E-state index >= 15 is 0 Å². The Morgan fingerprint density at radius 2 is 2.20 bits per heavy atom. The molecule has 1 aromatic rings. The molecule has 2 aliphatic rings. The molecular weight excluding hydrogens is 268 g/mol. The minimum Gasteiger partial charge on any atom is -0.381 e. The summed E-state index contributed by atoms with van der Waals surface area (Å²) in [5, 5.41) is 5.15. The molecule has 0 aromatic carbocycles. The summed E-state index contributed by atoms with van der Waals surface area (Å²) >= 11 is 1.95. The van der Waals surface area contributed by atoms with E-state index < -0.39 is 0 Å². The van der Waals surface area contributed by atoms with Crippen LogP contribution in [0.25, 0.3) is 0 Å². The van der Waals surface area contributed by atoms with Gasteiger partial charge in [-0.3, -0.25) is 0 Å². The third-order valence-electron chi connectivity index (χ3n) is 4.61. The van der Waals surface area contributed by atoms with Crippen LogP contribution in [0, 0.1) is 0 Å². The molecule has 0 spiro atoms. The lowest BCUT2D eigenvalue weighted by Crippen LogP contribution is -2.50. The number of thiazole rings is 1. The molecule has 3 nitrogen and oxygen atoms in total. The molecule has 2 aliphatic carbocycles. The van der Waals surface area contributed by atoms with Crippen LogP contribution in [0.5, 0.6) is 0 Å². The van der Waals surface area contributed by atoms with Crippen molar-refractivity contribution in [1.29, 1.82) is 0 Å². The van der Waals surface area contributed by atoms with Crippen LogP contribution in [0.4, 0.5) is 0 Å². The number of aryl methyl sites for hydroxylation is 2. The average molecular weight is 294 g/mol. The van der Waals surface area contributed by atoms with Gasteiger partial charge in [-0.05, 0) is 58.8 Å². The van der Waals surface area contributed by atoms with Crippen molar-refractivity contribution in [3.63, 3.8) is 0 Å². The quantitative estimate of drug-likeness (QED) is 0.924. The first-order valence-electron chi connectivity index (χ1n) is 7.92. The molecule has 20 heavy (non-hydrogen) atoms. The maximum absolute atomic E-state index is 5.66. The number of nitrogens with one attached hydrogen (secondary N) is 1. The minimum absolute atomic E-state index is 0.0437. The van der Waals surface area contributed by atoms with Crippen molar-refractivity contribution in [3.05, 3.63) is 15.6 Å². The molecule has 2 unspecified atom stereocenters. The summed E-state index contributed by atoms with van der Waals surface area (Å²) in [6, 6.07) is 0.476. The Bertz CT molecular complexity index is 450. The molecule has 2 atom stereocenters. The highest BCUT2D eigenvalue weighted by molar-refractivity contribution is 7.12. The zero-order valence-corrected chi connectivity index (χ0v) is 13.7. The van der Waals surface area contributed by atoms with Gasteiger partial charge in [0.1, 0.15) is 5.01 Å². The van der Waals surface area contributed by atoms with Crippen molar-refractivity contribution in [2.75, 3.05) is 7.11 Å². The number of hydrogen-bond donors (Lipinski definition) is 1. The van der Waals surface area contributed by atoms with Crippen LogP contribution >= 0.6 is 11.3 Å². The zero-order valence-electron chi connectivity index (χ0n) is 12.9. The summed E-state index contributed by atoms with van der Waals surface area (Å²) in [5.41, 5.74) is 1.41. The Kier molecular flexibility index (Phi) is 4.16. The third kappa shape index (κ3) is 2.66. The first-order valence-corrected chi connectivity index (χ1v) is 8.74. The Morgan fingerprint density at radius 3 is 2.90 bits per heavy atom. The first-order chi connectivity index (χ1) is 9.63. The van der Waals surface area contributed by atoms with Crippen molar-refractivity contribution in [1.82, 2.24) is 10.3 Å². The van der Waals surface area contributed by atoms with Crippen LogP contribution in [-0.4, -0.2) is 24.2 Å². The molecule has 1 fully saturated rings. The van der Waals surface area contributed by atoms with E-state index in [1.807, 2.05) is 18.4 Å². The lowest BCUT2D eigenvalue weighted by molar-refractivity contribution is 0.0264. The number of nitrogens with zero attached hydrogens (tertiary/aromatic N) is 1. The van der Waals surface area contributed by atoms with E-state index in [9.17, 15) is 0 Å². The summed E-state index contributed by atoms with van der Waals surface area (Å²) in [6.45, 7) is 4.47. The fraction of sp³-hybridized carbons (Fsp3) is 0.812. The monoisotopic (exact) mass is 294 g/mol. The number of hydrogen-bond acceptors (Lipinski definition) is 4. The molecule has 112 valence electrons. The Labute approximate surface area is 126 Å². The van der Waals surface area contributed by atoms with Crippen molar-refractivity contribution < 1.29 is 4.74 Å². The van der Waals surface area contributed by atoms with Crippen LogP contribution in [0.2, 0.25) is 0 Å². The molecule has 0 radical (unpaired) electrons. The topological polar surface area (TPSA) is 34.1 Å². The van der Waals surface area contributed by atoms with Gasteiger partial charge in [-0.2, -0.15) is 0 Å². The number of fused-ring (bicyclic) bond motifs is 1. The maximum atomic E-state index is 5.66. The second kappa shape index (κ2) is 5.74. The van der Waals surface area contributed by atoms with Gasteiger partial charge >= 0.3 is 0 Å². The van der Waals surface area contributed by atoms with Gasteiger partial charge in [0.25, 0.3) is 0 Å². The van der Waals surface area contributed by atoms with Gasteiger partial charge in [-0.1, -0.05) is 0 Å². The molecule has 0 aliphatic heterocycles. The van der Waals surface area contributed by atoms with Crippen LogP contribution in [0.1, 0.15) is 61.5 Å². The minimum atomic E-state index is 0.0437. The van der Waals surface area contributed by atoms with Gasteiger partial charge in [0.05, 0.1) is 17.3 Å². The summed E-state index contributed by atoms with van der Waals surface area (Å²) < 4.78 is 5.66. The van der Waals surface area contributed by atoms with E-state index in [0.29, 0.717) is 12.1 Å². The van der Waals surface area contributed by atoms with E-state index in [2.05, 4.69) is 19.2 Å². The summed E-state index contributed by atoms with van der Waals surface area (Å²) in [6.07, 6.45) is 8.74. The molecule has 3 rings (SSSR count). The second-order valence-electron chi connectivity index (χ2n) is 6.58. The Balaban J connectivity index is 1.91. The standard InChI is InChI=1S/C16H26N2OS/c1-11(2)18-16(9-5-6-12(10-16)19-3)15-17-13-7-4-8-14(13)20-15/h11-12,18H,4-10H2,1-3H3. The van der Waals surface area contributed by atoms with E-state index in [1.54, 1.807) is 0 Å². The Hall–Kier alpha value is -0.450. The lowest BCUT2D eigenvalue weighted by Gasteiger charge is -2.41. The van der Waals surface area contributed by atoms with Crippen LogP contribution in [-0.2, 0) is 23.1 Å². The largest absolute Gasteiger partial charge is 0.381 e. The number of aromatic nitrogens is 1. The number of ether oxygens (including phenoxy) is 1. The van der Waals surface area contributed by atoms with Crippen molar-refractivity contribution >= 4 is 11.3 Å². The molecule has 0 bridgehead atoms. The molecule has 1 saturated carbocycles. The number of methoxy groups -OCH3 is 1. The highest BCUT2D eigenvalue weighted by Gasteiger charge is 2.41. The van der Waals surface area contributed by atoms with Gasteiger partial charge in [0.15, 0.2) is 0 Å². The van der Waals surface area contributed by atoms with Crippen LogP contribution in [0.3, 0.4) is 0 Å². The molecule has 4 heteroatoms. The molecule has 1 heterocycles. The summed E-state index contributed by atoms with van der Waals surface area (Å²) in [5.74, 6) is 0. The fourth-order valence-electron chi connectivity index (χ4n) is 3.76. The van der Waals surface area contributed by atoms with E-state index in [1.165, 1.54) is 54.1 Å². The van der Waals surface area contributed by atoms with Crippen molar-refractivity contribution in [2.45, 2.75) is 76.5 Å². The highest BCUT2D eigenvalue weighted by Crippen LogP contribution is 2.42. The van der Waals surface area contributed by atoms with Crippen molar-refractivity contribution in [2.24, 2.45) is 0 Å². The van der Waals surface area contributed by atoms with E-state index in [-0.39, 0.29) is 5.54 Å². The highest BCUT2D eigenvalue weighted by atomic mass is 32.1. The molecule has 1 N–H and O–H groups in total. The predicted molar refractivity (Wildman–Crippen MR) is 83.4 cm³/mol. The fourth-order valence-corrected chi connectivity index (χ4v) is 5.10. The van der Waals surface area contributed by atoms with Gasteiger partial charge < -0.3 is 10.1 Å². The SMILES string of the molecule is COC1CCCC(NC(C)C)(c2nc3c(s2)CCC3)C1. The molecule has 1 aromatic heterocycles.